The molecule has 1 aliphatic heterocycles. The lowest BCUT2D eigenvalue weighted by molar-refractivity contribution is 0.195. The van der Waals surface area contributed by atoms with E-state index in [-0.39, 0.29) is 0 Å². The largest absolute Gasteiger partial charge is 0.304 e. The van der Waals surface area contributed by atoms with Gasteiger partial charge in [-0.25, -0.2) is 9.97 Å². The standard InChI is InChI=1S/C18H20Cl2N6/c19-13-6-15(20)18-21-14(10-26(18)8-13)9-25-5-1-2-12(7-25)17-22-16(23-24-17)11-3-4-11/h6,8,10-12H,1-5,7,9H2,(H,22,23,24). The summed E-state index contributed by atoms with van der Waals surface area (Å²) >= 11 is 12.3. The van der Waals surface area contributed by atoms with Crippen molar-refractivity contribution in [2.24, 2.45) is 0 Å². The van der Waals surface area contributed by atoms with Crippen molar-refractivity contribution in [2.45, 2.75) is 44.1 Å². The van der Waals surface area contributed by atoms with Crippen LogP contribution in [0.25, 0.3) is 5.65 Å². The first-order valence-electron chi connectivity index (χ1n) is 9.13. The molecule has 8 heteroatoms. The average molecular weight is 391 g/mol. The zero-order valence-electron chi connectivity index (χ0n) is 14.3. The predicted octanol–water partition coefficient (Wildman–Crippen LogP) is 4.02. The highest BCUT2D eigenvalue weighted by Crippen LogP contribution is 2.38. The Hall–Kier alpha value is -1.63. The summed E-state index contributed by atoms with van der Waals surface area (Å²) in [7, 11) is 0. The van der Waals surface area contributed by atoms with Crippen molar-refractivity contribution in [3.05, 3.63) is 45.8 Å². The van der Waals surface area contributed by atoms with Gasteiger partial charge in [0.05, 0.1) is 15.7 Å². The molecule has 3 aromatic rings. The monoisotopic (exact) mass is 390 g/mol. The lowest BCUT2D eigenvalue weighted by Gasteiger charge is -2.30. The molecule has 1 atom stereocenters. The fraction of sp³-hybridized carbons (Fsp3) is 0.500. The van der Waals surface area contributed by atoms with E-state index >= 15 is 0 Å². The number of rotatable bonds is 4. The quantitative estimate of drug-likeness (QED) is 0.730. The molecule has 6 nitrogen and oxygen atoms in total. The van der Waals surface area contributed by atoms with Gasteiger partial charge in [-0.1, -0.05) is 23.2 Å². The number of aromatic nitrogens is 5. The van der Waals surface area contributed by atoms with Gasteiger partial charge in [-0.15, -0.1) is 0 Å². The lowest BCUT2D eigenvalue weighted by atomic mass is 9.97. The van der Waals surface area contributed by atoms with Crippen molar-refractivity contribution in [3.63, 3.8) is 0 Å². The number of pyridine rings is 1. The highest BCUT2D eigenvalue weighted by molar-refractivity contribution is 6.36. The van der Waals surface area contributed by atoms with Gasteiger partial charge in [-0.3, -0.25) is 10.00 Å². The molecule has 136 valence electrons. The van der Waals surface area contributed by atoms with E-state index in [1.807, 2.05) is 16.8 Å². The van der Waals surface area contributed by atoms with Crippen LogP contribution >= 0.6 is 23.2 Å². The SMILES string of the molecule is Clc1cc(Cl)c2nc(CN3CCCC(c4n[nH]c(C5CC5)n4)C3)cn2c1. The summed E-state index contributed by atoms with van der Waals surface area (Å²) in [4.78, 5) is 11.9. The molecular weight excluding hydrogens is 371 g/mol. The molecule has 0 bridgehead atoms. The Morgan fingerprint density at radius 3 is 2.85 bits per heavy atom. The topological polar surface area (TPSA) is 62.1 Å². The number of hydrogen-bond donors (Lipinski definition) is 1. The number of imidazole rings is 1. The predicted molar refractivity (Wildman–Crippen MR) is 101 cm³/mol. The Kier molecular flexibility index (Phi) is 4.14. The molecule has 5 rings (SSSR count). The number of H-pyrrole nitrogens is 1. The molecule has 3 aromatic heterocycles. The Labute approximate surface area is 161 Å². The molecule has 4 heterocycles. The van der Waals surface area contributed by atoms with E-state index < -0.39 is 0 Å². The highest BCUT2D eigenvalue weighted by Gasteiger charge is 2.30. The summed E-state index contributed by atoms with van der Waals surface area (Å²) in [5.41, 5.74) is 1.76. The van der Waals surface area contributed by atoms with Crippen LogP contribution in [0, 0.1) is 0 Å². The molecule has 0 radical (unpaired) electrons. The second kappa shape index (κ2) is 6.51. The Morgan fingerprint density at radius 2 is 2.00 bits per heavy atom. The third-order valence-corrected chi connectivity index (χ3v) is 5.75. The van der Waals surface area contributed by atoms with Gasteiger partial charge in [-0.2, -0.15) is 5.10 Å². The van der Waals surface area contributed by atoms with Crippen molar-refractivity contribution in [1.82, 2.24) is 29.5 Å². The molecule has 1 saturated carbocycles. The van der Waals surface area contributed by atoms with Crippen LogP contribution in [0.1, 0.15) is 54.9 Å². The lowest BCUT2D eigenvalue weighted by Crippen LogP contribution is -2.34. The Morgan fingerprint density at radius 1 is 1.12 bits per heavy atom. The van der Waals surface area contributed by atoms with Crippen LogP contribution < -0.4 is 0 Å². The van der Waals surface area contributed by atoms with E-state index in [9.17, 15) is 0 Å². The number of likely N-dealkylation sites (tertiary alicyclic amines) is 1. The minimum absolute atomic E-state index is 0.391. The van der Waals surface area contributed by atoms with Gasteiger partial charge in [0.2, 0.25) is 0 Å². The van der Waals surface area contributed by atoms with E-state index in [0.29, 0.717) is 21.9 Å². The Balaban J connectivity index is 1.31. The summed E-state index contributed by atoms with van der Waals surface area (Å²) in [6, 6.07) is 1.73. The third-order valence-electron chi connectivity index (χ3n) is 5.26. The van der Waals surface area contributed by atoms with Crippen LogP contribution in [0.5, 0.6) is 0 Å². The van der Waals surface area contributed by atoms with Crippen molar-refractivity contribution in [1.29, 1.82) is 0 Å². The molecule has 0 aromatic carbocycles. The summed E-state index contributed by atoms with van der Waals surface area (Å²) in [5, 5.41) is 8.81. The van der Waals surface area contributed by atoms with E-state index in [0.717, 1.165) is 55.5 Å². The number of nitrogens with zero attached hydrogens (tertiary/aromatic N) is 5. The van der Waals surface area contributed by atoms with Crippen LogP contribution in [0.4, 0.5) is 0 Å². The molecule has 2 aliphatic rings. The summed E-state index contributed by atoms with van der Waals surface area (Å²) in [6.07, 6.45) is 8.63. The van der Waals surface area contributed by atoms with Crippen LogP contribution in [0.3, 0.4) is 0 Å². The molecule has 0 spiro atoms. The minimum Gasteiger partial charge on any atom is -0.304 e. The van der Waals surface area contributed by atoms with Crippen molar-refractivity contribution >= 4 is 28.8 Å². The smallest absolute Gasteiger partial charge is 0.156 e. The van der Waals surface area contributed by atoms with Crippen LogP contribution in [-0.4, -0.2) is 42.6 Å². The van der Waals surface area contributed by atoms with Gasteiger partial charge < -0.3 is 4.40 Å². The number of fused-ring (bicyclic) bond motifs is 1. The van der Waals surface area contributed by atoms with Gasteiger partial charge in [0.1, 0.15) is 5.82 Å². The number of halogens is 2. The van der Waals surface area contributed by atoms with Crippen molar-refractivity contribution in [3.8, 4) is 0 Å². The van der Waals surface area contributed by atoms with E-state index in [1.165, 1.54) is 12.8 Å². The summed E-state index contributed by atoms with van der Waals surface area (Å²) in [5.74, 6) is 3.05. The second-order valence-corrected chi connectivity index (χ2v) is 8.24. The minimum atomic E-state index is 0.391. The molecule has 26 heavy (non-hydrogen) atoms. The van der Waals surface area contributed by atoms with Crippen LogP contribution in [-0.2, 0) is 6.54 Å². The van der Waals surface area contributed by atoms with Gasteiger partial charge in [0, 0.05) is 37.3 Å². The average Bonchev–Trinajstić information content (AvgIpc) is 3.20. The second-order valence-electron chi connectivity index (χ2n) is 7.40. The highest BCUT2D eigenvalue weighted by atomic mass is 35.5. The van der Waals surface area contributed by atoms with Crippen LogP contribution in [0.2, 0.25) is 10.0 Å². The number of nitrogens with one attached hydrogen (secondary N) is 1. The first-order chi connectivity index (χ1) is 12.7. The molecule has 0 amide bonds. The molecule has 1 N–H and O–H groups in total. The maximum absolute atomic E-state index is 6.25. The number of aromatic amines is 1. The Bertz CT molecular complexity index is 944. The maximum Gasteiger partial charge on any atom is 0.156 e. The zero-order chi connectivity index (χ0) is 17.7. The van der Waals surface area contributed by atoms with Gasteiger partial charge in [0.25, 0.3) is 0 Å². The molecule has 2 fully saturated rings. The number of piperidine rings is 1. The third kappa shape index (κ3) is 3.21. The van der Waals surface area contributed by atoms with Gasteiger partial charge >= 0.3 is 0 Å². The number of hydrogen-bond acceptors (Lipinski definition) is 4. The van der Waals surface area contributed by atoms with E-state index in [4.69, 9.17) is 28.2 Å². The van der Waals surface area contributed by atoms with E-state index in [1.54, 1.807) is 6.07 Å². The molecule has 1 unspecified atom stereocenters. The fourth-order valence-electron chi connectivity index (χ4n) is 3.80. The summed E-state index contributed by atoms with van der Waals surface area (Å²) < 4.78 is 1.90. The van der Waals surface area contributed by atoms with E-state index in [2.05, 4.69) is 20.1 Å². The summed E-state index contributed by atoms with van der Waals surface area (Å²) in [6.45, 7) is 2.83. The first kappa shape index (κ1) is 16.5. The van der Waals surface area contributed by atoms with Crippen molar-refractivity contribution < 1.29 is 0 Å². The molecular formula is C18H20Cl2N6. The van der Waals surface area contributed by atoms with Crippen molar-refractivity contribution in [2.75, 3.05) is 13.1 Å². The zero-order valence-corrected chi connectivity index (χ0v) is 15.8. The molecule has 1 saturated heterocycles. The molecule has 1 aliphatic carbocycles. The van der Waals surface area contributed by atoms with Gasteiger partial charge in [0.15, 0.2) is 11.5 Å². The first-order valence-corrected chi connectivity index (χ1v) is 9.88. The van der Waals surface area contributed by atoms with Gasteiger partial charge in [-0.05, 0) is 38.3 Å². The maximum atomic E-state index is 6.25. The normalized spacial score (nSPS) is 21.5. The fourth-order valence-corrected chi connectivity index (χ4v) is 4.33. The van der Waals surface area contributed by atoms with Crippen LogP contribution in [0.15, 0.2) is 18.5 Å².